The molecule has 7 rings (SSSR count). The van der Waals surface area contributed by atoms with Crippen LogP contribution in [0.2, 0.25) is 0 Å². The maximum atomic E-state index is 14.3. The summed E-state index contributed by atoms with van der Waals surface area (Å²) in [7, 11) is 0. The van der Waals surface area contributed by atoms with Gasteiger partial charge in [0.15, 0.2) is 0 Å². The van der Waals surface area contributed by atoms with Crippen LogP contribution in [0.4, 0.5) is 4.79 Å². The number of benzene rings is 6. The second-order valence-electron chi connectivity index (χ2n) is 15.6. The normalized spacial score (nSPS) is 13.3. The molecule has 0 aliphatic heterocycles. The Kier molecular flexibility index (Phi) is 12.5. The van der Waals surface area contributed by atoms with Crippen molar-refractivity contribution in [2.24, 2.45) is 0 Å². The Hall–Kier alpha value is -6.32. The molecule has 0 fully saturated rings. The van der Waals surface area contributed by atoms with E-state index in [1.807, 2.05) is 172 Å². The average Bonchev–Trinajstić information content (AvgIpc) is 3.57. The Labute approximate surface area is 350 Å². The van der Waals surface area contributed by atoms with Crippen molar-refractivity contribution >= 4 is 29.7 Å². The molecule has 0 unspecified atom stereocenters. The molecule has 0 aromatic heterocycles. The van der Waals surface area contributed by atoms with E-state index >= 15 is 0 Å². The molecule has 0 bridgehead atoms. The van der Waals surface area contributed by atoms with Crippen molar-refractivity contribution in [3.8, 4) is 16.9 Å². The van der Waals surface area contributed by atoms with E-state index in [0.29, 0.717) is 5.75 Å². The molecule has 0 spiro atoms. The summed E-state index contributed by atoms with van der Waals surface area (Å²) in [6.07, 6.45) is -0.704. The number of amides is 2. The Balaban J connectivity index is 1.13. The number of hydrogen-bond donors (Lipinski definition) is 3. The van der Waals surface area contributed by atoms with Gasteiger partial charge in [0.25, 0.3) is 0 Å². The standard InChI is InChI=1S/C50H48N2O6S/c1-49(2,3)58-38-29-27-34(28-30-38)31-44(52-48(56)57-32-43-41-25-15-13-23-39(41)40-24-14-16-26-42(40)43)46(53)51-45(47(54)55)33-59-50(35-17-7-4-8-18-35,36-19-9-5-10-20-36)37-21-11-6-12-22-37/h4-30,43-45H,31-33H2,1-3H3,(H,51,53)(H,52,56)(H,54,55)/t44-,45-/m0/s1. The number of alkyl carbamates (subject to hydrolysis) is 1. The molecule has 300 valence electrons. The van der Waals surface area contributed by atoms with E-state index in [1.165, 1.54) is 11.8 Å². The molecule has 2 atom stereocenters. The lowest BCUT2D eigenvalue weighted by molar-refractivity contribution is -0.141. The lowest BCUT2D eigenvalue weighted by Gasteiger charge is -2.36. The maximum Gasteiger partial charge on any atom is 0.407 e. The zero-order valence-electron chi connectivity index (χ0n) is 33.3. The van der Waals surface area contributed by atoms with Crippen LogP contribution in [0.5, 0.6) is 5.75 Å². The fourth-order valence-electron chi connectivity index (χ4n) is 7.70. The molecular weight excluding hydrogens is 757 g/mol. The number of carboxylic acid groups (broad SMARTS) is 1. The summed E-state index contributed by atoms with van der Waals surface area (Å²) >= 11 is 1.43. The lowest BCUT2D eigenvalue weighted by atomic mass is 9.84. The highest BCUT2D eigenvalue weighted by molar-refractivity contribution is 8.00. The van der Waals surface area contributed by atoms with Gasteiger partial charge >= 0.3 is 12.1 Å². The van der Waals surface area contributed by atoms with Crippen molar-refractivity contribution in [1.82, 2.24) is 10.6 Å². The van der Waals surface area contributed by atoms with Gasteiger partial charge in [-0.15, -0.1) is 11.8 Å². The fourth-order valence-corrected chi connectivity index (χ4v) is 9.25. The van der Waals surface area contributed by atoms with Crippen LogP contribution in [0.25, 0.3) is 11.1 Å². The number of ether oxygens (including phenoxy) is 2. The highest BCUT2D eigenvalue weighted by atomic mass is 32.2. The second kappa shape index (κ2) is 18.1. The van der Waals surface area contributed by atoms with E-state index in [2.05, 4.69) is 22.8 Å². The zero-order valence-corrected chi connectivity index (χ0v) is 34.2. The molecule has 0 saturated heterocycles. The lowest BCUT2D eigenvalue weighted by Crippen LogP contribution is -2.53. The van der Waals surface area contributed by atoms with E-state index in [4.69, 9.17) is 9.47 Å². The molecule has 9 heteroatoms. The van der Waals surface area contributed by atoms with Gasteiger partial charge in [-0.3, -0.25) is 4.79 Å². The monoisotopic (exact) mass is 804 g/mol. The van der Waals surface area contributed by atoms with Crippen molar-refractivity contribution in [2.75, 3.05) is 12.4 Å². The van der Waals surface area contributed by atoms with Gasteiger partial charge in [-0.05, 0) is 77.4 Å². The summed E-state index contributed by atoms with van der Waals surface area (Å²) in [6.45, 7) is 5.93. The van der Waals surface area contributed by atoms with E-state index in [-0.39, 0.29) is 24.7 Å². The molecule has 2 amide bonds. The molecule has 0 saturated carbocycles. The minimum absolute atomic E-state index is 0.0102. The van der Waals surface area contributed by atoms with Crippen LogP contribution in [-0.4, -0.2) is 53.1 Å². The summed E-state index contributed by atoms with van der Waals surface area (Å²) in [6, 6.07) is 50.8. The van der Waals surface area contributed by atoms with E-state index in [0.717, 1.165) is 44.5 Å². The predicted octanol–water partition coefficient (Wildman–Crippen LogP) is 9.61. The first kappa shape index (κ1) is 40.9. The topological polar surface area (TPSA) is 114 Å². The van der Waals surface area contributed by atoms with Crippen LogP contribution in [0.1, 0.15) is 60.1 Å². The third-order valence-electron chi connectivity index (χ3n) is 10.4. The third kappa shape index (κ3) is 9.53. The first-order chi connectivity index (χ1) is 28.5. The SMILES string of the molecule is CC(C)(C)Oc1ccc(C[C@H](NC(=O)OCC2c3ccccc3-c3ccccc32)C(=O)N[C@@H](CSC(c2ccccc2)(c2ccccc2)c2ccccc2)C(=O)O)cc1. The molecule has 8 nitrogen and oxygen atoms in total. The van der Waals surface area contributed by atoms with Crippen molar-refractivity contribution in [2.45, 2.75) is 55.5 Å². The number of carbonyl (C=O) groups excluding carboxylic acids is 2. The van der Waals surface area contributed by atoms with Gasteiger partial charge in [-0.1, -0.05) is 152 Å². The molecule has 1 aliphatic rings. The van der Waals surface area contributed by atoms with E-state index < -0.39 is 40.4 Å². The third-order valence-corrected chi connectivity index (χ3v) is 12.0. The van der Waals surface area contributed by atoms with Crippen molar-refractivity contribution < 1.29 is 29.0 Å². The van der Waals surface area contributed by atoms with Crippen LogP contribution >= 0.6 is 11.8 Å². The first-order valence-corrected chi connectivity index (χ1v) is 20.7. The summed E-state index contributed by atoms with van der Waals surface area (Å²) in [5, 5.41) is 16.2. The quantitative estimate of drug-likeness (QED) is 0.0887. The van der Waals surface area contributed by atoms with E-state index in [1.54, 1.807) is 0 Å². The summed E-state index contributed by atoms with van der Waals surface area (Å²) in [5.41, 5.74) is 7.55. The van der Waals surface area contributed by atoms with Gasteiger partial charge < -0.3 is 25.2 Å². The number of hydrogen-bond acceptors (Lipinski definition) is 6. The van der Waals surface area contributed by atoms with Crippen molar-refractivity contribution in [3.63, 3.8) is 0 Å². The molecule has 3 N–H and O–H groups in total. The molecule has 0 radical (unpaired) electrons. The van der Waals surface area contributed by atoms with Gasteiger partial charge in [0, 0.05) is 18.1 Å². The van der Waals surface area contributed by atoms with Gasteiger partial charge in [0.05, 0.1) is 4.75 Å². The molecule has 0 heterocycles. The summed E-state index contributed by atoms with van der Waals surface area (Å²) in [4.78, 5) is 40.9. The van der Waals surface area contributed by atoms with Crippen LogP contribution in [0.3, 0.4) is 0 Å². The molecule has 59 heavy (non-hydrogen) atoms. The van der Waals surface area contributed by atoms with Crippen LogP contribution in [-0.2, 0) is 25.5 Å². The zero-order chi connectivity index (χ0) is 41.4. The fraction of sp³-hybridized carbons (Fsp3) is 0.220. The van der Waals surface area contributed by atoms with E-state index in [9.17, 15) is 19.5 Å². The van der Waals surface area contributed by atoms with Gasteiger partial charge in [-0.2, -0.15) is 0 Å². The maximum absolute atomic E-state index is 14.3. The van der Waals surface area contributed by atoms with Gasteiger partial charge in [0.2, 0.25) is 5.91 Å². The summed E-state index contributed by atoms with van der Waals surface area (Å²) < 4.78 is 11.0. The Morgan fingerprint density at radius 1 is 0.627 bits per heavy atom. The van der Waals surface area contributed by atoms with Gasteiger partial charge in [-0.25, -0.2) is 9.59 Å². The van der Waals surface area contributed by atoms with Crippen molar-refractivity contribution in [3.05, 3.63) is 197 Å². The number of fused-ring (bicyclic) bond motifs is 3. The minimum Gasteiger partial charge on any atom is -0.488 e. The summed E-state index contributed by atoms with van der Waals surface area (Å²) in [5.74, 6) is -1.35. The van der Waals surface area contributed by atoms with Crippen LogP contribution < -0.4 is 15.4 Å². The molecular formula is C50H48N2O6S. The number of thioether (sulfide) groups is 1. The number of carbonyl (C=O) groups is 3. The Bertz CT molecular complexity index is 2220. The predicted molar refractivity (Wildman–Crippen MR) is 234 cm³/mol. The molecule has 6 aromatic carbocycles. The van der Waals surface area contributed by atoms with Crippen molar-refractivity contribution in [1.29, 1.82) is 0 Å². The highest BCUT2D eigenvalue weighted by Crippen LogP contribution is 2.49. The first-order valence-electron chi connectivity index (χ1n) is 19.7. The Morgan fingerprint density at radius 2 is 1.10 bits per heavy atom. The van der Waals surface area contributed by atoms with Crippen LogP contribution in [0, 0.1) is 0 Å². The average molecular weight is 805 g/mol. The Morgan fingerprint density at radius 3 is 1.58 bits per heavy atom. The smallest absolute Gasteiger partial charge is 0.407 e. The second-order valence-corrected chi connectivity index (χ2v) is 16.8. The minimum atomic E-state index is -1.31. The van der Waals surface area contributed by atoms with Gasteiger partial charge in [0.1, 0.15) is 30.0 Å². The number of rotatable bonds is 15. The highest BCUT2D eigenvalue weighted by Gasteiger charge is 2.39. The molecule has 6 aromatic rings. The number of carboxylic acids is 1. The van der Waals surface area contributed by atoms with Crippen LogP contribution in [0.15, 0.2) is 164 Å². The molecule has 1 aliphatic carbocycles. The largest absolute Gasteiger partial charge is 0.488 e. The number of nitrogens with one attached hydrogen (secondary N) is 2. The number of aliphatic carboxylic acids is 1.